The van der Waals surface area contributed by atoms with Crippen molar-refractivity contribution in [2.24, 2.45) is 17.3 Å². The number of carbonyl (C=O) groups is 2. The van der Waals surface area contributed by atoms with Crippen LogP contribution in [-0.2, 0) is 33.3 Å². The van der Waals surface area contributed by atoms with Crippen LogP contribution in [0.25, 0.3) is 0 Å². The molecule has 2 heterocycles. The zero-order valence-corrected chi connectivity index (χ0v) is 18.8. The quantitative estimate of drug-likeness (QED) is 0.517. The molecule has 0 unspecified atom stereocenters. The van der Waals surface area contributed by atoms with Crippen LogP contribution in [-0.4, -0.2) is 56.4 Å². The van der Waals surface area contributed by atoms with Crippen molar-refractivity contribution in [1.29, 1.82) is 10.5 Å². The summed E-state index contributed by atoms with van der Waals surface area (Å²) in [6.45, 7) is 7.69. The first kappa shape index (κ1) is 23.9. The van der Waals surface area contributed by atoms with Crippen LogP contribution in [0.3, 0.4) is 0 Å². The lowest BCUT2D eigenvalue weighted by Crippen LogP contribution is -2.72. The van der Waals surface area contributed by atoms with Crippen molar-refractivity contribution in [1.82, 2.24) is 0 Å². The minimum absolute atomic E-state index is 0.0673. The fourth-order valence-corrected chi connectivity index (χ4v) is 5.18. The van der Waals surface area contributed by atoms with Crippen molar-refractivity contribution in [3.05, 3.63) is 23.3 Å². The molecule has 0 aromatic heterocycles. The van der Waals surface area contributed by atoms with Crippen LogP contribution in [0, 0.1) is 39.9 Å². The van der Waals surface area contributed by atoms with Crippen LogP contribution in [0.1, 0.15) is 34.1 Å². The lowest BCUT2D eigenvalue weighted by molar-refractivity contribution is -0.298. The third kappa shape index (κ3) is 3.41. The molecule has 9 heteroatoms. The van der Waals surface area contributed by atoms with Crippen molar-refractivity contribution >= 4 is 11.9 Å². The summed E-state index contributed by atoms with van der Waals surface area (Å²) in [5.41, 5.74) is -3.13. The average molecular weight is 444 g/mol. The summed E-state index contributed by atoms with van der Waals surface area (Å²) in [7, 11) is 0. The summed E-state index contributed by atoms with van der Waals surface area (Å²) in [5.74, 6) is -2.81. The van der Waals surface area contributed by atoms with E-state index < -0.39 is 47.2 Å². The molecule has 172 valence electrons. The van der Waals surface area contributed by atoms with Gasteiger partial charge in [0, 0.05) is 42.6 Å². The van der Waals surface area contributed by atoms with Crippen LogP contribution in [0.4, 0.5) is 0 Å². The van der Waals surface area contributed by atoms with Gasteiger partial charge in [0.15, 0.2) is 11.9 Å². The van der Waals surface area contributed by atoms with Gasteiger partial charge in [-0.25, -0.2) is 4.79 Å². The van der Waals surface area contributed by atoms with Gasteiger partial charge in [-0.1, -0.05) is 0 Å². The Bertz CT molecular complexity index is 914. The number of rotatable bonds is 8. The molecule has 0 amide bonds. The third-order valence-corrected chi connectivity index (χ3v) is 6.21. The van der Waals surface area contributed by atoms with E-state index in [9.17, 15) is 20.1 Å². The number of nitriles is 2. The van der Waals surface area contributed by atoms with Crippen LogP contribution in [0.5, 0.6) is 0 Å². The molecule has 2 bridgehead atoms. The maximum Gasteiger partial charge on any atom is 0.334 e. The molecule has 4 rings (SSSR count). The molecule has 0 saturated carbocycles. The first-order chi connectivity index (χ1) is 15.4. The van der Waals surface area contributed by atoms with Crippen molar-refractivity contribution in [3.63, 3.8) is 0 Å². The topological polar surface area (TPSA) is 128 Å². The lowest BCUT2D eigenvalue weighted by atomic mass is 9.49. The Morgan fingerprint density at radius 1 is 1.06 bits per heavy atom. The lowest BCUT2D eigenvalue weighted by Gasteiger charge is -2.60. The van der Waals surface area contributed by atoms with E-state index >= 15 is 0 Å². The number of hydrogen-bond donors (Lipinski definition) is 0. The van der Waals surface area contributed by atoms with Gasteiger partial charge in [-0.3, -0.25) is 4.79 Å². The Hall–Kier alpha value is -2.72. The Labute approximate surface area is 187 Å². The number of fused-ring (bicyclic) bond motifs is 1. The van der Waals surface area contributed by atoms with E-state index in [1.54, 1.807) is 27.7 Å². The van der Waals surface area contributed by atoms with Gasteiger partial charge in [-0.05, 0) is 39.8 Å². The molecule has 2 aliphatic heterocycles. The fourth-order valence-electron chi connectivity index (χ4n) is 5.18. The second-order valence-corrected chi connectivity index (χ2v) is 7.73. The zero-order chi connectivity index (χ0) is 23.5. The van der Waals surface area contributed by atoms with E-state index in [0.29, 0.717) is 6.61 Å². The normalized spacial score (nSPS) is 34.9. The second-order valence-electron chi connectivity index (χ2n) is 7.73. The van der Waals surface area contributed by atoms with Gasteiger partial charge in [0.2, 0.25) is 0 Å². The minimum Gasteiger partial charge on any atom is -0.465 e. The number of esters is 2. The van der Waals surface area contributed by atoms with Gasteiger partial charge in [-0.15, -0.1) is 0 Å². The van der Waals surface area contributed by atoms with Gasteiger partial charge in [0.05, 0.1) is 25.4 Å². The van der Waals surface area contributed by atoms with Crippen LogP contribution in [0.2, 0.25) is 0 Å². The molecule has 6 atom stereocenters. The molecule has 2 aliphatic carbocycles. The fraction of sp³-hybridized carbons (Fsp3) is 0.652. The van der Waals surface area contributed by atoms with Gasteiger partial charge >= 0.3 is 11.9 Å². The minimum atomic E-state index is -1.95. The van der Waals surface area contributed by atoms with Crippen molar-refractivity contribution in [3.8, 4) is 12.1 Å². The monoisotopic (exact) mass is 444 g/mol. The van der Waals surface area contributed by atoms with E-state index in [1.807, 2.05) is 0 Å². The van der Waals surface area contributed by atoms with Crippen molar-refractivity contribution in [2.75, 3.05) is 26.4 Å². The molecule has 32 heavy (non-hydrogen) atoms. The SMILES string of the molecule is CCOC(=O)C1=C[C@@]2(C#N)O[C@H](OCC)[C@H]1[C@@H]1[C@@H](OCC)CC(C#N)=C[C@]12C(=O)OCC. The molecule has 0 radical (unpaired) electrons. The summed E-state index contributed by atoms with van der Waals surface area (Å²) >= 11 is 0. The summed E-state index contributed by atoms with van der Waals surface area (Å²) in [5, 5.41) is 20.1. The van der Waals surface area contributed by atoms with E-state index in [1.165, 1.54) is 12.2 Å². The van der Waals surface area contributed by atoms with Gasteiger partial charge in [-0.2, -0.15) is 10.5 Å². The predicted octanol–water partition coefficient (Wildman–Crippen LogP) is 2.19. The van der Waals surface area contributed by atoms with Gasteiger partial charge < -0.3 is 23.7 Å². The highest BCUT2D eigenvalue weighted by molar-refractivity contribution is 5.93. The van der Waals surface area contributed by atoms with E-state index in [4.69, 9.17) is 23.7 Å². The maximum absolute atomic E-state index is 13.5. The highest BCUT2D eigenvalue weighted by Crippen LogP contribution is 2.63. The molecule has 0 spiro atoms. The summed E-state index contributed by atoms with van der Waals surface area (Å²) in [6, 6.07) is 4.21. The number of hydrogen-bond acceptors (Lipinski definition) is 9. The molecule has 0 N–H and O–H groups in total. The van der Waals surface area contributed by atoms with E-state index in [2.05, 4.69) is 12.1 Å². The number of nitrogens with zero attached hydrogens (tertiary/aromatic N) is 2. The molecule has 9 nitrogen and oxygen atoms in total. The molecule has 0 aromatic rings. The van der Waals surface area contributed by atoms with Gasteiger partial charge in [0.1, 0.15) is 11.5 Å². The number of carbonyl (C=O) groups excluding carboxylic acids is 2. The Morgan fingerprint density at radius 3 is 2.31 bits per heavy atom. The average Bonchev–Trinajstić information content (AvgIpc) is 2.79. The highest BCUT2D eigenvalue weighted by atomic mass is 16.7. The first-order valence-corrected chi connectivity index (χ1v) is 10.9. The highest BCUT2D eigenvalue weighted by Gasteiger charge is 2.75. The predicted molar refractivity (Wildman–Crippen MR) is 109 cm³/mol. The smallest absolute Gasteiger partial charge is 0.334 e. The van der Waals surface area contributed by atoms with Crippen molar-refractivity contribution in [2.45, 2.75) is 52.1 Å². The summed E-state index contributed by atoms with van der Waals surface area (Å²) in [6.07, 6.45) is 1.42. The summed E-state index contributed by atoms with van der Waals surface area (Å²) < 4.78 is 28.6. The van der Waals surface area contributed by atoms with E-state index in [-0.39, 0.29) is 37.4 Å². The number of ether oxygens (including phenoxy) is 5. The third-order valence-electron chi connectivity index (χ3n) is 6.21. The zero-order valence-electron chi connectivity index (χ0n) is 18.8. The van der Waals surface area contributed by atoms with Crippen LogP contribution < -0.4 is 0 Å². The molecular weight excluding hydrogens is 416 g/mol. The summed E-state index contributed by atoms with van der Waals surface area (Å²) in [4.78, 5) is 26.5. The molecule has 4 aliphatic rings. The maximum atomic E-state index is 13.5. The molecular formula is C23H28N2O7. The molecule has 0 aromatic carbocycles. The van der Waals surface area contributed by atoms with Crippen molar-refractivity contribution < 1.29 is 33.3 Å². The second kappa shape index (κ2) is 9.41. The Balaban J connectivity index is 2.36. The standard InChI is InChI=1S/C23H28N2O7/c1-5-28-16-9-14(12-24)10-23(21(27)31-8-4)18(16)17-15(19(26)29-6-2)11-22(23,13-25)32-20(17)30-7-3/h10-11,16-18,20H,5-9H2,1-4H3/t16-,17+,18-,20-,22-,23+/m0/s1. The van der Waals surface area contributed by atoms with Crippen LogP contribution >= 0.6 is 0 Å². The Kier molecular flexibility index (Phi) is 7.04. The van der Waals surface area contributed by atoms with Crippen LogP contribution in [0.15, 0.2) is 23.3 Å². The van der Waals surface area contributed by atoms with E-state index in [0.717, 1.165) is 0 Å². The first-order valence-electron chi connectivity index (χ1n) is 10.9. The molecule has 1 fully saturated rings. The van der Waals surface area contributed by atoms with Gasteiger partial charge in [0.25, 0.3) is 0 Å². The molecule has 1 saturated heterocycles. The Morgan fingerprint density at radius 2 is 1.75 bits per heavy atom. The largest absolute Gasteiger partial charge is 0.465 e.